The van der Waals surface area contributed by atoms with Crippen LogP contribution in [0.25, 0.3) is 0 Å². The minimum Gasteiger partial charge on any atom is -0.346 e. The molecule has 2 aromatic heterocycles. The van der Waals surface area contributed by atoms with E-state index in [0.717, 1.165) is 33.0 Å². The second kappa shape index (κ2) is 14.9. The number of phosphoric ester groups is 1. The lowest BCUT2D eigenvalue weighted by Gasteiger charge is -2.30. The smallest absolute Gasteiger partial charge is 0.346 e. The van der Waals surface area contributed by atoms with Gasteiger partial charge in [-0.2, -0.15) is 0 Å². The first-order valence-electron chi connectivity index (χ1n) is 17.8. The Bertz CT molecular complexity index is 2020. The molecular formula is C34H47N4O16PS. The van der Waals surface area contributed by atoms with Crippen molar-refractivity contribution in [2.24, 2.45) is 5.41 Å². The van der Waals surface area contributed by atoms with E-state index in [1.807, 2.05) is 0 Å². The molecule has 56 heavy (non-hydrogen) atoms. The zero-order valence-electron chi connectivity index (χ0n) is 32.4. The number of carbonyl (C=O) groups is 2. The number of aromatic nitrogens is 4. The van der Waals surface area contributed by atoms with E-state index in [1.54, 1.807) is 55.4 Å². The predicted molar refractivity (Wildman–Crippen MR) is 195 cm³/mol. The largest absolute Gasteiger partial charge is 0.475 e. The molecule has 0 aliphatic carbocycles. The molecule has 0 aromatic carbocycles. The van der Waals surface area contributed by atoms with Gasteiger partial charge in [0.05, 0.1) is 25.6 Å². The van der Waals surface area contributed by atoms with Crippen LogP contribution in [0.2, 0.25) is 0 Å². The van der Waals surface area contributed by atoms with Crippen molar-refractivity contribution in [3.8, 4) is 0 Å². The number of ketones is 1. The summed E-state index contributed by atoms with van der Waals surface area (Å²) in [6.07, 6.45) is -3.67. The minimum absolute atomic E-state index is 0.151. The van der Waals surface area contributed by atoms with Crippen molar-refractivity contribution in [3.63, 3.8) is 0 Å². The highest BCUT2D eigenvalue weighted by molar-refractivity contribution is 8.14. The first-order valence-corrected chi connectivity index (χ1v) is 20.2. The first-order chi connectivity index (χ1) is 25.9. The lowest BCUT2D eigenvalue weighted by Crippen LogP contribution is -2.45. The Morgan fingerprint density at radius 2 is 1.21 bits per heavy atom. The number of ether oxygens (including phenoxy) is 6. The summed E-state index contributed by atoms with van der Waals surface area (Å²) in [4.78, 5) is 78.4. The summed E-state index contributed by atoms with van der Waals surface area (Å²) in [5, 5.41) is -0.257. The average Bonchev–Trinajstić information content (AvgIpc) is 3.68. The van der Waals surface area contributed by atoms with Crippen molar-refractivity contribution in [2.45, 2.75) is 122 Å². The summed E-state index contributed by atoms with van der Waals surface area (Å²) in [6.45, 7) is 13.0. The molecule has 8 atom stereocenters. The maximum absolute atomic E-state index is 14.7. The molecule has 4 aliphatic rings. The fraction of sp³-hybridized carbons (Fsp3) is 0.706. The number of phosphoric acid groups is 1. The molecule has 2 N–H and O–H groups in total. The molecule has 0 bridgehead atoms. The molecule has 4 fully saturated rings. The summed E-state index contributed by atoms with van der Waals surface area (Å²) < 4.78 is 72.0. The van der Waals surface area contributed by atoms with Crippen molar-refractivity contribution in [1.82, 2.24) is 19.1 Å². The highest BCUT2D eigenvalue weighted by Crippen LogP contribution is 2.56. The van der Waals surface area contributed by atoms with Crippen LogP contribution in [0.15, 0.2) is 43.7 Å². The molecular weight excluding hydrogens is 783 g/mol. The van der Waals surface area contributed by atoms with E-state index in [-0.39, 0.29) is 16.7 Å². The van der Waals surface area contributed by atoms with E-state index in [2.05, 4.69) is 9.97 Å². The van der Waals surface area contributed by atoms with Gasteiger partial charge in [0.25, 0.3) is 11.1 Å². The van der Waals surface area contributed by atoms with Crippen LogP contribution in [0, 0.1) is 5.41 Å². The number of rotatable bonds is 14. The zero-order chi connectivity index (χ0) is 41.2. The summed E-state index contributed by atoms with van der Waals surface area (Å²) in [6, 6.07) is 2.30. The van der Waals surface area contributed by atoms with Gasteiger partial charge in [0, 0.05) is 36.9 Å². The van der Waals surface area contributed by atoms with Crippen molar-refractivity contribution >= 4 is 30.5 Å². The SMILES string of the molecule is CC(=O)SCC(=O)C(C)(C)COP(=O)(OC[C@H]1O[C@@H](n2ccc(=O)[nH]c2=O)[C@]2(C)OC(C)(C)O[C@H]12)OC[C@H]1O[C@@H](n2ccc(=O)[nH]c2=O)[C@]2(C)OC(C)(C)O[C@H]12. The van der Waals surface area contributed by atoms with Gasteiger partial charge in [0.15, 0.2) is 34.9 Å². The Kier molecular flexibility index (Phi) is 11.3. The molecule has 310 valence electrons. The maximum Gasteiger partial charge on any atom is 0.475 e. The second-order valence-electron chi connectivity index (χ2n) is 15.9. The maximum atomic E-state index is 14.7. The third-order valence-electron chi connectivity index (χ3n) is 9.89. The second-order valence-corrected chi connectivity index (χ2v) is 18.8. The fourth-order valence-corrected chi connectivity index (χ4v) is 9.46. The van der Waals surface area contributed by atoms with E-state index in [9.17, 15) is 33.3 Å². The van der Waals surface area contributed by atoms with E-state index in [4.69, 9.17) is 42.0 Å². The van der Waals surface area contributed by atoms with Crippen LogP contribution in [0.5, 0.6) is 0 Å². The molecule has 0 saturated carbocycles. The number of hydrogen-bond donors (Lipinski definition) is 2. The molecule has 20 nitrogen and oxygen atoms in total. The number of aromatic amines is 2. The first kappa shape index (κ1) is 42.5. The van der Waals surface area contributed by atoms with Crippen LogP contribution in [0.4, 0.5) is 0 Å². The lowest BCUT2D eigenvalue weighted by atomic mass is 9.90. The Morgan fingerprint density at radius 1 is 0.786 bits per heavy atom. The van der Waals surface area contributed by atoms with Crippen molar-refractivity contribution < 1.29 is 56.1 Å². The van der Waals surface area contributed by atoms with Crippen molar-refractivity contribution in [3.05, 3.63) is 66.2 Å². The number of thioether (sulfide) groups is 1. The monoisotopic (exact) mass is 830 g/mol. The average molecular weight is 831 g/mol. The van der Waals surface area contributed by atoms with Crippen LogP contribution in [0.3, 0.4) is 0 Å². The summed E-state index contributed by atoms with van der Waals surface area (Å²) in [5.74, 6) is -2.83. The number of fused-ring (bicyclic) bond motifs is 2. The normalized spacial score (nSPS) is 32.0. The number of nitrogens with zero attached hydrogens (tertiary/aromatic N) is 2. The highest BCUT2D eigenvalue weighted by Gasteiger charge is 2.66. The molecule has 0 amide bonds. The predicted octanol–water partition coefficient (Wildman–Crippen LogP) is 1.73. The molecule has 0 radical (unpaired) electrons. The molecule has 4 saturated heterocycles. The van der Waals surface area contributed by atoms with E-state index < -0.39 is 115 Å². The highest BCUT2D eigenvalue weighted by atomic mass is 32.2. The molecule has 6 rings (SSSR count). The fourth-order valence-electron chi connectivity index (χ4n) is 7.37. The summed E-state index contributed by atoms with van der Waals surface area (Å²) in [5.41, 5.74) is -6.65. The van der Waals surface area contributed by atoms with Gasteiger partial charge < -0.3 is 28.4 Å². The third kappa shape index (κ3) is 8.40. The van der Waals surface area contributed by atoms with E-state index in [1.165, 1.54) is 19.3 Å². The van der Waals surface area contributed by atoms with Gasteiger partial charge in [-0.05, 0) is 41.5 Å². The third-order valence-corrected chi connectivity index (χ3v) is 12.1. The Hall–Kier alpha value is -3.08. The zero-order valence-corrected chi connectivity index (χ0v) is 34.1. The van der Waals surface area contributed by atoms with Gasteiger partial charge in [0.2, 0.25) is 0 Å². The Balaban J connectivity index is 1.27. The van der Waals surface area contributed by atoms with Gasteiger partial charge in [-0.15, -0.1) is 0 Å². The number of carbonyl (C=O) groups excluding carboxylic acids is 2. The minimum atomic E-state index is -4.71. The number of nitrogens with one attached hydrogen (secondary N) is 2. The number of hydrogen-bond acceptors (Lipinski definition) is 17. The van der Waals surface area contributed by atoms with Crippen molar-refractivity contribution in [2.75, 3.05) is 25.6 Å². The van der Waals surface area contributed by atoms with Gasteiger partial charge >= 0.3 is 19.2 Å². The van der Waals surface area contributed by atoms with Crippen LogP contribution in [0.1, 0.15) is 74.8 Å². The van der Waals surface area contributed by atoms with Crippen molar-refractivity contribution in [1.29, 1.82) is 0 Å². The quantitative estimate of drug-likeness (QED) is 0.258. The molecule has 0 spiro atoms. The standard InChI is InChI=1S/C34H47N4O16PS/c1-18(39)56-16-21(40)30(2,3)17-48-55(45,46-14-19-24-33(8,53-31(4,5)51-24)26(49-19)37-12-10-22(41)35-28(37)43)47-15-20-25-34(9,54-32(6,7)52-25)27(50-20)38-13-11-23(42)36-29(38)44/h10-13,19-20,24-27H,14-17H2,1-9H3,(H,35,41,43)(H,36,42,44)/t19-,20-,24-,25-,26-,27-,33-,34-/m1/s1. The summed E-state index contributed by atoms with van der Waals surface area (Å²) in [7, 11) is -4.71. The van der Waals surface area contributed by atoms with Gasteiger partial charge in [-0.3, -0.25) is 51.9 Å². The van der Waals surface area contributed by atoms with E-state index in [0.29, 0.717) is 0 Å². The Morgan fingerprint density at radius 3 is 1.61 bits per heavy atom. The topological polar surface area (TPSA) is 244 Å². The van der Waals surface area contributed by atoms with Gasteiger partial charge in [0.1, 0.15) is 35.6 Å². The number of Topliss-reactive ketones (excluding diaryl/α,β-unsaturated/α-hetero) is 1. The number of H-pyrrole nitrogens is 2. The lowest BCUT2D eigenvalue weighted by molar-refractivity contribution is -0.219. The van der Waals surface area contributed by atoms with Crippen LogP contribution in [-0.4, -0.2) is 103 Å². The Labute approximate surface area is 324 Å². The molecule has 0 unspecified atom stereocenters. The molecule has 2 aromatic rings. The van der Waals surface area contributed by atoms with Gasteiger partial charge in [-0.1, -0.05) is 25.6 Å². The van der Waals surface area contributed by atoms with Gasteiger partial charge in [-0.25, -0.2) is 14.2 Å². The van der Waals surface area contributed by atoms with Crippen LogP contribution < -0.4 is 22.5 Å². The van der Waals surface area contributed by atoms with Crippen LogP contribution in [-0.2, 0) is 56.1 Å². The van der Waals surface area contributed by atoms with Crippen LogP contribution >= 0.6 is 19.6 Å². The molecule has 4 aliphatic heterocycles. The van der Waals surface area contributed by atoms with E-state index >= 15 is 0 Å². The molecule has 22 heteroatoms. The summed E-state index contributed by atoms with van der Waals surface area (Å²) >= 11 is 0.823. The molecule has 6 heterocycles.